The first-order chi connectivity index (χ1) is 10.2. The molecule has 2 N–H and O–H groups in total. The van der Waals surface area contributed by atoms with Crippen molar-refractivity contribution in [2.24, 2.45) is 5.73 Å². The molecule has 4 heteroatoms. The van der Waals surface area contributed by atoms with Gasteiger partial charge in [-0.2, -0.15) is 0 Å². The van der Waals surface area contributed by atoms with E-state index >= 15 is 0 Å². The quantitative estimate of drug-likeness (QED) is 0.878. The second-order valence-corrected chi connectivity index (χ2v) is 4.28. The highest BCUT2D eigenvalue weighted by Gasteiger charge is 2.04. The summed E-state index contributed by atoms with van der Waals surface area (Å²) in [4.78, 5) is 0. The van der Waals surface area contributed by atoms with Crippen molar-refractivity contribution in [3.8, 4) is 23.3 Å². The number of hydrogen-bond donors (Lipinski definition) is 1. The highest BCUT2D eigenvalue weighted by molar-refractivity contribution is 5.46. The Hall–Kier alpha value is -2.51. The molecule has 0 fully saturated rings. The molecule has 0 aliphatic heterocycles. The lowest BCUT2D eigenvalue weighted by molar-refractivity contribution is 0.304. The van der Waals surface area contributed by atoms with E-state index in [1.54, 1.807) is 13.2 Å². The third-order valence-corrected chi connectivity index (χ3v) is 2.82. The molecule has 0 saturated heterocycles. The Morgan fingerprint density at radius 2 is 1.90 bits per heavy atom. The maximum absolute atomic E-state index is 13.3. The van der Waals surface area contributed by atoms with E-state index in [-0.39, 0.29) is 12.4 Å². The van der Waals surface area contributed by atoms with Gasteiger partial charge in [-0.25, -0.2) is 4.39 Å². The highest BCUT2D eigenvalue weighted by atomic mass is 19.1. The normalized spacial score (nSPS) is 9.67. The second kappa shape index (κ2) is 7.32. The van der Waals surface area contributed by atoms with Crippen LogP contribution in [0.5, 0.6) is 11.5 Å². The minimum atomic E-state index is -0.354. The average molecular weight is 285 g/mol. The van der Waals surface area contributed by atoms with E-state index in [2.05, 4.69) is 11.8 Å². The van der Waals surface area contributed by atoms with Gasteiger partial charge in [-0.15, -0.1) is 0 Å². The summed E-state index contributed by atoms with van der Waals surface area (Å²) in [6.45, 7) is 0.585. The second-order valence-electron chi connectivity index (χ2n) is 4.28. The number of ether oxygens (including phenoxy) is 2. The van der Waals surface area contributed by atoms with Crippen LogP contribution in [0, 0.1) is 17.7 Å². The van der Waals surface area contributed by atoms with Gasteiger partial charge in [0, 0.05) is 0 Å². The van der Waals surface area contributed by atoms with Crippen LogP contribution in [0.25, 0.3) is 0 Å². The van der Waals surface area contributed by atoms with Crippen LogP contribution in [0.2, 0.25) is 0 Å². The van der Waals surface area contributed by atoms with Crippen molar-refractivity contribution in [3.05, 3.63) is 59.4 Å². The van der Waals surface area contributed by atoms with Crippen LogP contribution >= 0.6 is 0 Å². The Morgan fingerprint density at radius 1 is 1.14 bits per heavy atom. The van der Waals surface area contributed by atoms with Crippen LogP contribution in [0.4, 0.5) is 4.39 Å². The third-order valence-electron chi connectivity index (χ3n) is 2.82. The molecule has 0 saturated carbocycles. The highest BCUT2D eigenvalue weighted by Crippen LogP contribution is 2.20. The van der Waals surface area contributed by atoms with E-state index in [1.165, 1.54) is 12.1 Å². The number of rotatable bonds is 4. The summed E-state index contributed by atoms with van der Waals surface area (Å²) in [5, 5.41) is 0. The van der Waals surface area contributed by atoms with Crippen LogP contribution in [-0.4, -0.2) is 13.7 Å². The molecule has 0 bridgehead atoms. The monoisotopic (exact) mass is 285 g/mol. The molecule has 0 aliphatic rings. The van der Waals surface area contributed by atoms with Gasteiger partial charge < -0.3 is 15.2 Å². The molecule has 0 heterocycles. The molecule has 2 aromatic carbocycles. The van der Waals surface area contributed by atoms with Crippen molar-refractivity contribution in [2.75, 3.05) is 13.7 Å². The first-order valence-electron chi connectivity index (χ1n) is 6.47. The lowest BCUT2D eigenvalue weighted by Gasteiger charge is -2.09. The maximum atomic E-state index is 13.3. The summed E-state index contributed by atoms with van der Waals surface area (Å²) in [6.07, 6.45) is 0. The zero-order valence-electron chi connectivity index (χ0n) is 11.7. The van der Waals surface area contributed by atoms with Crippen LogP contribution < -0.4 is 15.2 Å². The van der Waals surface area contributed by atoms with Crippen LogP contribution in [0.1, 0.15) is 11.1 Å². The zero-order valence-corrected chi connectivity index (χ0v) is 11.7. The van der Waals surface area contributed by atoms with Crippen molar-refractivity contribution < 1.29 is 13.9 Å². The number of methoxy groups -OCH3 is 1. The van der Waals surface area contributed by atoms with E-state index in [1.807, 2.05) is 24.3 Å². The van der Waals surface area contributed by atoms with Gasteiger partial charge in [-0.3, -0.25) is 0 Å². The molecule has 3 nitrogen and oxygen atoms in total. The molecule has 0 amide bonds. The van der Waals surface area contributed by atoms with Crippen molar-refractivity contribution >= 4 is 0 Å². The van der Waals surface area contributed by atoms with Crippen molar-refractivity contribution in [3.63, 3.8) is 0 Å². The van der Waals surface area contributed by atoms with Gasteiger partial charge in [-0.1, -0.05) is 24.0 Å². The lowest BCUT2D eigenvalue weighted by Crippen LogP contribution is -1.98. The minimum absolute atomic E-state index is 0.217. The van der Waals surface area contributed by atoms with Gasteiger partial charge in [0.2, 0.25) is 0 Å². The standard InChI is InChI=1S/C17H16FNO2/c1-20-16-7-4-13(5-8-16)12-21-17-9-6-15(18)11-14(17)3-2-10-19/h4-9,11H,10,12,19H2,1H3. The zero-order chi connectivity index (χ0) is 15.1. The molecule has 0 spiro atoms. The van der Waals surface area contributed by atoms with Crippen LogP contribution in [0.3, 0.4) is 0 Å². The average Bonchev–Trinajstić information content (AvgIpc) is 2.52. The Bertz CT molecular complexity index is 657. The van der Waals surface area contributed by atoms with Gasteiger partial charge in [-0.05, 0) is 35.9 Å². The predicted molar refractivity (Wildman–Crippen MR) is 79.7 cm³/mol. The molecule has 21 heavy (non-hydrogen) atoms. The van der Waals surface area contributed by atoms with E-state index < -0.39 is 0 Å². The number of benzene rings is 2. The van der Waals surface area contributed by atoms with E-state index in [0.29, 0.717) is 17.9 Å². The van der Waals surface area contributed by atoms with E-state index in [9.17, 15) is 4.39 Å². The summed E-state index contributed by atoms with van der Waals surface area (Å²) in [7, 11) is 1.62. The summed E-state index contributed by atoms with van der Waals surface area (Å²) < 4.78 is 24.0. The van der Waals surface area contributed by atoms with Gasteiger partial charge in [0.05, 0.1) is 19.2 Å². The molecule has 0 unspecified atom stereocenters. The first-order valence-corrected chi connectivity index (χ1v) is 6.47. The van der Waals surface area contributed by atoms with E-state index in [4.69, 9.17) is 15.2 Å². The molecule has 108 valence electrons. The smallest absolute Gasteiger partial charge is 0.135 e. The summed E-state index contributed by atoms with van der Waals surface area (Å²) in [5.41, 5.74) is 6.82. The fraction of sp³-hybridized carbons (Fsp3) is 0.176. The van der Waals surface area contributed by atoms with Gasteiger partial charge in [0.15, 0.2) is 0 Å². The molecule has 2 rings (SSSR count). The van der Waals surface area contributed by atoms with Crippen molar-refractivity contribution in [2.45, 2.75) is 6.61 Å². The first kappa shape index (κ1) is 14.9. The molecule has 0 aliphatic carbocycles. The summed E-state index contributed by atoms with van der Waals surface area (Å²) in [5.74, 6) is 6.48. The summed E-state index contributed by atoms with van der Waals surface area (Å²) >= 11 is 0. The summed E-state index contributed by atoms with van der Waals surface area (Å²) in [6, 6.07) is 11.8. The minimum Gasteiger partial charge on any atom is -0.497 e. The fourth-order valence-electron chi connectivity index (χ4n) is 1.75. The number of hydrogen-bond acceptors (Lipinski definition) is 3. The largest absolute Gasteiger partial charge is 0.497 e. The van der Waals surface area contributed by atoms with Gasteiger partial charge in [0.25, 0.3) is 0 Å². The SMILES string of the molecule is COc1ccc(COc2ccc(F)cc2C#CCN)cc1. The topological polar surface area (TPSA) is 44.5 Å². The number of halogens is 1. The number of nitrogens with two attached hydrogens (primary N) is 1. The van der Waals surface area contributed by atoms with Crippen LogP contribution in [-0.2, 0) is 6.61 Å². The Balaban J connectivity index is 2.11. The maximum Gasteiger partial charge on any atom is 0.135 e. The Kier molecular flexibility index (Phi) is 5.19. The van der Waals surface area contributed by atoms with Gasteiger partial charge in [0.1, 0.15) is 23.9 Å². The van der Waals surface area contributed by atoms with Crippen LogP contribution in [0.15, 0.2) is 42.5 Å². The molecule has 2 aromatic rings. The van der Waals surface area contributed by atoms with Crippen molar-refractivity contribution in [1.82, 2.24) is 0 Å². The fourth-order valence-corrected chi connectivity index (χ4v) is 1.75. The van der Waals surface area contributed by atoms with Crippen molar-refractivity contribution in [1.29, 1.82) is 0 Å². The Labute approximate surface area is 123 Å². The predicted octanol–water partition coefficient (Wildman–Crippen LogP) is 2.72. The molecule has 0 atom stereocenters. The molecule has 0 aromatic heterocycles. The Morgan fingerprint density at radius 3 is 2.57 bits per heavy atom. The molecule has 0 radical (unpaired) electrons. The third kappa shape index (κ3) is 4.23. The lowest BCUT2D eigenvalue weighted by atomic mass is 10.2. The molecular weight excluding hydrogens is 269 g/mol. The molecular formula is C17H16FNO2. The van der Waals surface area contributed by atoms with E-state index in [0.717, 1.165) is 11.3 Å². The van der Waals surface area contributed by atoms with Gasteiger partial charge >= 0.3 is 0 Å².